The second-order valence-electron chi connectivity index (χ2n) is 14.0. The fourth-order valence-electron chi connectivity index (χ4n) is 6.42. The summed E-state index contributed by atoms with van der Waals surface area (Å²) in [6.45, 7) is 5.44. The van der Waals surface area contributed by atoms with Gasteiger partial charge in [-0.05, 0) is 48.8 Å². The van der Waals surface area contributed by atoms with E-state index in [0.29, 0.717) is 57.1 Å². The SMILES string of the molecule is CN(C)C(=O)NCCCC(C)(C)CN(C[C@@H](O)[C@H](Cc1ccccc1)NC(=O)O[C@H]1CO[C@H]2OCC[C@H]21)S(=O)(=O)c1ccc2c(c1)OCCO2. The number of hydrogen-bond acceptors (Lipinski definition) is 10. The molecule has 0 bridgehead atoms. The Morgan fingerprint density at radius 3 is 2.52 bits per heavy atom. The van der Waals surface area contributed by atoms with Gasteiger partial charge in [-0.15, -0.1) is 0 Å². The van der Waals surface area contributed by atoms with Crippen molar-refractivity contribution in [2.75, 3.05) is 60.2 Å². The lowest BCUT2D eigenvalue weighted by Gasteiger charge is -2.35. The van der Waals surface area contributed by atoms with Crippen LogP contribution in [0.25, 0.3) is 0 Å². The Balaban J connectivity index is 1.36. The molecular formula is C35H50N4O10S. The van der Waals surface area contributed by atoms with Crippen molar-refractivity contribution in [2.45, 2.75) is 69.0 Å². The number of alkyl carbamates (subject to hydrolysis) is 1. The molecule has 3 aliphatic heterocycles. The van der Waals surface area contributed by atoms with Crippen LogP contribution in [0.5, 0.6) is 11.5 Å². The maximum absolute atomic E-state index is 14.4. The van der Waals surface area contributed by atoms with E-state index in [1.807, 2.05) is 44.2 Å². The predicted molar refractivity (Wildman–Crippen MR) is 183 cm³/mol. The van der Waals surface area contributed by atoms with Crippen LogP contribution in [-0.2, 0) is 30.7 Å². The molecule has 14 nitrogen and oxygen atoms in total. The first-order valence-electron chi connectivity index (χ1n) is 17.1. The zero-order valence-corrected chi connectivity index (χ0v) is 30.0. The fraction of sp³-hybridized carbons (Fsp3) is 0.600. The van der Waals surface area contributed by atoms with Crippen LogP contribution in [0, 0.1) is 11.3 Å². The van der Waals surface area contributed by atoms with Gasteiger partial charge in [0, 0.05) is 39.8 Å². The summed E-state index contributed by atoms with van der Waals surface area (Å²) in [7, 11) is -0.873. The molecule has 5 atom stereocenters. The Morgan fingerprint density at radius 1 is 1.04 bits per heavy atom. The van der Waals surface area contributed by atoms with Crippen LogP contribution in [0.3, 0.4) is 0 Å². The monoisotopic (exact) mass is 718 g/mol. The summed E-state index contributed by atoms with van der Waals surface area (Å²) in [5.41, 5.74) is 0.277. The molecule has 2 aromatic carbocycles. The molecule has 0 aromatic heterocycles. The van der Waals surface area contributed by atoms with E-state index in [1.54, 1.807) is 20.2 Å². The first kappa shape index (κ1) is 37.6. The summed E-state index contributed by atoms with van der Waals surface area (Å²) in [5, 5.41) is 17.5. The van der Waals surface area contributed by atoms with E-state index in [4.69, 9.17) is 23.7 Å². The number of amides is 3. The summed E-state index contributed by atoms with van der Waals surface area (Å²) in [6.07, 6.45) is -0.826. The second kappa shape index (κ2) is 16.6. The van der Waals surface area contributed by atoms with Crippen LogP contribution in [0.1, 0.15) is 38.7 Å². The first-order chi connectivity index (χ1) is 23.8. The topological polar surface area (TPSA) is 165 Å². The molecule has 2 saturated heterocycles. The smallest absolute Gasteiger partial charge is 0.407 e. The van der Waals surface area contributed by atoms with Crippen molar-refractivity contribution in [1.82, 2.24) is 19.8 Å². The number of carbonyl (C=O) groups is 2. The second-order valence-corrected chi connectivity index (χ2v) is 15.9. The minimum atomic E-state index is -4.19. The molecule has 3 heterocycles. The summed E-state index contributed by atoms with van der Waals surface area (Å²) in [4.78, 5) is 26.7. The fourth-order valence-corrected chi connectivity index (χ4v) is 8.08. The van der Waals surface area contributed by atoms with Gasteiger partial charge in [-0.25, -0.2) is 18.0 Å². The number of nitrogens with one attached hydrogen (secondary N) is 2. The molecule has 50 heavy (non-hydrogen) atoms. The number of sulfonamides is 1. The molecule has 5 rings (SSSR count). The number of hydrogen-bond donors (Lipinski definition) is 3. The molecule has 0 spiro atoms. The van der Waals surface area contributed by atoms with Gasteiger partial charge in [0.25, 0.3) is 0 Å². The number of fused-ring (bicyclic) bond motifs is 2. The van der Waals surface area contributed by atoms with Crippen molar-refractivity contribution in [3.05, 3.63) is 54.1 Å². The predicted octanol–water partition coefficient (Wildman–Crippen LogP) is 2.99. The highest BCUT2D eigenvalue weighted by molar-refractivity contribution is 7.89. The molecule has 3 N–H and O–H groups in total. The van der Waals surface area contributed by atoms with Crippen molar-refractivity contribution < 1.29 is 46.8 Å². The van der Waals surface area contributed by atoms with Gasteiger partial charge in [0.05, 0.1) is 36.2 Å². The molecule has 15 heteroatoms. The number of urea groups is 1. The highest BCUT2D eigenvalue weighted by Gasteiger charge is 2.44. The molecule has 0 unspecified atom stereocenters. The molecular weight excluding hydrogens is 668 g/mol. The summed E-state index contributed by atoms with van der Waals surface area (Å²) >= 11 is 0. The van der Waals surface area contributed by atoms with E-state index < -0.39 is 46.1 Å². The molecule has 3 aliphatic rings. The van der Waals surface area contributed by atoms with Crippen LogP contribution < -0.4 is 20.1 Å². The van der Waals surface area contributed by atoms with Gasteiger partial charge < -0.3 is 44.3 Å². The van der Waals surface area contributed by atoms with E-state index >= 15 is 0 Å². The van der Waals surface area contributed by atoms with Crippen molar-refractivity contribution in [1.29, 1.82) is 0 Å². The van der Waals surface area contributed by atoms with E-state index in [9.17, 15) is 23.1 Å². The lowest BCUT2D eigenvalue weighted by atomic mass is 9.87. The number of aliphatic hydroxyl groups is 1. The maximum Gasteiger partial charge on any atom is 0.407 e. The van der Waals surface area contributed by atoms with Crippen LogP contribution in [0.15, 0.2) is 53.4 Å². The van der Waals surface area contributed by atoms with E-state index in [2.05, 4.69) is 10.6 Å². The van der Waals surface area contributed by atoms with Crippen LogP contribution in [0.4, 0.5) is 9.59 Å². The number of benzene rings is 2. The lowest BCUT2D eigenvalue weighted by Crippen LogP contribution is -2.52. The van der Waals surface area contributed by atoms with Gasteiger partial charge in [-0.1, -0.05) is 44.2 Å². The van der Waals surface area contributed by atoms with E-state index in [1.165, 1.54) is 21.3 Å². The summed E-state index contributed by atoms with van der Waals surface area (Å²) in [6, 6.07) is 12.7. The lowest BCUT2D eigenvalue weighted by molar-refractivity contribution is -0.0907. The molecule has 0 radical (unpaired) electrons. The number of ether oxygens (including phenoxy) is 5. The van der Waals surface area contributed by atoms with Gasteiger partial charge in [0.1, 0.15) is 19.3 Å². The molecule has 0 saturated carbocycles. The molecule has 276 valence electrons. The minimum absolute atomic E-state index is 0.00968. The van der Waals surface area contributed by atoms with Gasteiger partial charge >= 0.3 is 12.1 Å². The van der Waals surface area contributed by atoms with E-state index in [0.717, 1.165) is 5.56 Å². The van der Waals surface area contributed by atoms with Crippen LogP contribution in [-0.4, -0.2) is 120 Å². The Hall–Kier alpha value is -3.63. The third-order valence-electron chi connectivity index (χ3n) is 9.17. The van der Waals surface area contributed by atoms with Crippen molar-refractivity contribution in [3.8, 4) is 11.5 Å². The normalized spacial score (nSPS) is 21.3. The standard InChI is InChI=1S/C35H50N4O10S/c1-35(2,14-8-15-36-33(41)38(3)4)23-39(50(43,44)25-11-12-29-30(20-25)46-18-17-45-29)21-28(40)27(19-24-9-6-5-7-10-24)37-34(42)49-31-22-48-32-26(31)13-16-47-32/h5-7,9-12,20,26-28,31-32,40H,8,13-19,21-23H2,1-4H3,(H,36,41)(H,37,42)/t26-,27-,28+,31-,32+/m0/s1. The van der Waals surface area contributed by atoms with Crippen molar-refractivity contribution >= 4 is 22.1 Å². The minimum Gasteiger partial charge on any atom is -0.486 e. The molecule has 0 aliphatic carbocycles. The van der Waals surface area contributed by atoms with Crippen LogP contribution >= 0.6 is 0 Å². The van der Waals surface area contributed by atoms with Gasteiger partial charge in [0.2, 0.25) is 10.0 Å². The quantitative estimate of drug-likeness (QED) is 0.233. The first-order valence-corrected chi connectivity index (χ1v) is 18.5. The van der Waals surface area contributed by atoms with Crippen molar-refractivity contribution in [2.24, 2.45) is 11.3 Å². The highest BCUT2D eigenvalue weighted by Crippen LogP contribution is 2.35. The Morgan fingerprint density at radius 2 is 1.78 bits per heavy atom. The number of rotatable bonds is 15. The number of nitrogens with zero attached hydrogens (tertiary/aromatic N) is 2. The zero-order chi connectivity index (χ0) is 35.9. The van der Waals surface area contributed by atoms with Gasteiger partial charge in [-0.3, -0.25) is 0 Å². The maximum atomic E-state index is 14.4. The largest absolute Gasteiger partial charge is 0.486 e. The average molecular weight is 719 g/mol. The third-order valence-corrected chi connectivity index (χ3v) is 11.0. The summed E-state index contributed by atoms with van der Waals surface area (Å²) < 4.78 is 58.2. The summed E-state index contributed by atoms with van der Waals surface area (Å²) in [5.74, 6) is 0.713. The Kier molecular flexibility index (Phi) is 12.5. The van der Waals surface area contributed by atoms with E-state index in [-0.39, 0.29) is 43.0 Å². The molecule has 2 fully saturated rings. The zero-order valence-electron chi connectivity index (χ0n) is 29.2. The number of carbonyl (C=O) groups excluding carboxylic acids is 2. The number of aliphatic hydroxyl groups excluding tert-OH is 1. The van der Waals surface area contributed by atoms with Crippen molar-refractivity contribution in [3.63, 3.8) is 0 Å². The Labute approximate surface area is 294 Å². The molecule has 2 aromatic rings. The van der Waals surface area contributed by atoms with Gasteiger partial charge in [0.15, 0.2) is 17.8 Å². The third kappa shape index (κ3) is 9.78. The van der Waals surface area contributed by atoms with Gasteiger partial charge in [-0.2, -0.15) is 4.31 Å². The molecule has 3 amide bonds. The Bertz CT molecular complexity index is 1560. The average Bonchev–Trinajstić information content (AvgIpc) is 3.71. The highest BCUT2D eigenvalue weighted by atomic mass is 32.2. The van der Waals surface area contributed by atoms with Crippen LogP contribution in [0.2, 0.25) is 0 Å².